The predicted molar refractivity (Wildman–Crippen MR) is 51.4 cm³/mol. The van der Waals surface area contributed by atoms with E-state index in [9.17, 15) is 9.90 Å². The summed E-state index contributed by atoms with van der Waals surface area (Å²) in [5, 5.41) is 9.64. The lowest BCUT2D eigenvalue weighted by Gasteiger charge is -2.23. The van der Waals surface area contributed by atoms with Crippen LogP contribution in [-0.4, -0.2) is 18.0 Å². The number of phenolic OH excluding ortho intramolecular Hbond substituents is 1. The maximum atomic E-state index is 11.5. The number of ketones is 1. The monoisotopic (exact) mass is 192 g/mol. The smallest absolute Gasteiger partial charge is 0.163 e. The van der Waals surface area contributed by atoms with E-state index in [4.69, 9.17) is 4.74 Å². The highest BCUT2D eigenvalue weighted by atomic mass is 16.5. The molecule has 0 saturated carbocycles. The maximum Gasteiger partial charge on any atom is 0.163 e. The first-order valence-corrected chi connectivity index (χ1v) is 4.62. The van der Waals surface area contributed by atoms with Gasteiger partial charge in [0.2, 0.25) is 0 Å². The summed E-state index contributed by atoms with van der Waals surface area (Å²) >= 11 is 0. The molecule has 0 amide bonds. The van der Waals surface area contributed by atoms with Crippen LogP contribution < -0.4 is 0 Å². The number of methoxy groups -OCH3 is 1. The van der Waals surface area contributed by atoms with Gasteiger partial charge in [0.25, 0.3) is 0 Å². The van der Waals surface area contributed by atoms with E-state index in [0.29, 0.717) is 24.0 Å². The molecule has 3 nitrogen and oxygen atoms in total. The molecule has 0 aromatic heterocycles. The summed E-state index contributed by atoms with van der Waals surface area (Å²) in [6.45, 7) is 0. The Balaban J connectivity index is 2.57. The second-order valence-corrected chi connectivity index (χ2v) is 3.42. The Kier molecular flexibility index (Phi) is 2.25. The van der Waals surface area contributed by atoms with E-state index in [1.165, 1.54) is 0 Å². The molecule has 0 fully saturated rings. The van der Waals surface area contributed by atoms with Gasteiger partial charge in [0, 0.05) is 24.7 Å². The van der Waals surface area contributed by atoms with Gasteiger partial charge >= 0.3 is 0 Å². The highest BCUT2D eigenvalue weighted by molar-refractivity contribution is 5.99. The predicted octanol–water partition coefficient (Wildman–Crippen LogP) is 2.06. The molecule has 14 heavy (non-hydrogen) atoms. The molecule has 1 N–H and O–H groups in total. The first-order valence-electron chi connectivity index (χ1n) is 4.62. The van der Waals surface area contributed by atoms with Gasteiger partial charge in [-0.05, 0) is 12.5 Å². The number of aromatic hydroxyl groups is 1. The third-order valence-corrected chi connectivity index (χ3v) is 2.62. The summed E-state index contributed by atoms with van der Waals surface area (Å²) in [6, 6.07) is 5.01. The topological polar surface area (TPSA) is 46.5 Å². The van der Waals surface area contributed by atoms with Crippen LogP contribution in [-0.2, 0) is 4.74 Å². The van der Waals surface area contributed by atoms with Crippen LogP contribution in [0.5, 0.6) is 5.75 Å². The third-order valence-electron chi connectivity index (χ3n) is 2.62. The minimum atomic E-state index is -0.149. The van der Waals surface area contributed by atoms with Gasteiger partial charge in [0.15, 0.2) is 5.78 Å². The lowest BCUT2D eigenvalue weighted by atomic mass is 9.88. The van der Waals surface area contributed by atoms with E-state index in [0.717, 1.165) is 0 Å². The summed E-state index contributed by atoms with van der Waals surface area (Å²) in [5.41, 5.74) is 1.24. The van der Waals surface area contributed by atoms with Crippen molar-refractivity contribution in [2.24, 2.45) is 0 Å². The number of rotatable bonds is 1. The zero-order valence-electron chi connectivity index (χ0n) is 7.99. The first-order chi connectivity index (χ1) is 6.74. The number of carbonyl (C=O) groups excluding carboxylic acids is 1. The molecule has 0 saturated heterocycles. The minimum absolute atomic E-state index is 0.0872. The molecule has 0 aliphatic heterocycles. The summed E-state index contributed by atoms with van der Waals surface area (Å²) in [7, 11) is 1.59. The van der Waals surface area contributed by atoms with E-state index in [1.807, 2.05) is 0 Å². The molecule has 2 rings (SSSR count). The Morgan fingerprint density at radius 2 is 2.29 bits per heavy atom. The van der Waals surface area contributed by atoms with Crippen molar-refractivity contribution in [3.63, 3.8) is 0 Å². The first kappa shape index (κ1) is 9.21. The fourth-order valence-corrected chi connectivity index (χ4v) is 1.91. The Labute approximate surface area is 82.3 Å². The van der Waals surface area contributed by atoms with Gasteiger partial charge in [-0.3, -0.25) is 4.79 Å². The molecule has 1 aromatic rings. The lowest BCUT2D eigenvalue weighted by Crippen LogP contribution is -2.16. The van der Waals surface area contributed by atoms with Crippen LogP contribution in [0.2, 0.25) is 0 Å². The third kappa shape index (κ3) is 1.30. The highest BCUT2D eigenvalue weighted by Gasteiger charge is 2.27. The van der Waals surface area contributed by atoms with E-state index in [1.54, 1.807) is 25.3 Å². The Morgan fingerprint density at radius 3 is 3.00 bits per heavy atom. The number of fused-ring (bicyclic) bond motifs is 1. The van der Waals surface area contributed by atoms with Crippen LogP contribution >= 0.6 is 0 Å². The molecule has 1 aliphatic rings. The zero-order chi connectivity index (χ0) is 10.1. The van der Waals surface area contributed by atoms with Crippen molar-refractivity contribution in [3.05, 3.63) is 29.3 Å². The van der Waals surface area contributed by atoms with E-state index < -0.39 is 0 Å². The normalized spacial score (nSPS) is 20.6. The quantitative estimate of drug-likeness (QED) is 0.740. The zero-order valence-corrected chi connectivity index (χ0v) is 7.99. The Morgan fingerprint density at radius 1 is 1.50 bits per heavy atom. The maximum absolute atomic E-state index is 11.5. The van der Waals surface area contributed by atoms with E-state index in [-0.39, 0.29) is 17.6 Å². The fraction of sp³-hybridized carbons (Fsp3) is 0.364. The van der Waals surface area contributed by atoms with E-state index >= 15 is 0 Å². The van der Waals surface area contributed by atoms with Crippen molar-refractivity contribution < 1.29 is 14.6 Å². The van der Waals surface area contributed by atoms with Gasteiger partial charge in [0.1, 0.15) is 5.75 Å². The molecule has 0 radical (unpaired) electrons. The second kappa shape index (κ2) is 3.42. The Bertz CT molecular complexity index is 371. The molecular formula is C11H12O3. The standard InChI is InChI=1S/C11H12O3/c1-14-10-6-5-8(12)7-3-2-4-9(13)11(7)10/h2-4,10,13H,5-6H2,1H3. The van der Waals surface area contributed by atoms with Crippen molar-refractivity contribution in [3.8, 4) is 5.75 Å². The minimum Gasteiger partial charge on any atom is -0.508 e. The van der Waals surface area contributed by atoms with Crippen molar-refractivity contribution >= 4 is 5.78 Å². The number of ether oxygens (including phenoxy) is 1. The lowest BCUT2D eigenvalue weighted by molar-refractivity contribution is 0.0723. The van der Waals surface area contributed by atoms with Gasteiger partial charge in [0.05, 0.1) is 6.10 Å². The largest absolute Gasteiger partial charge is 0.508 e. The summed E-state index contributed by atoms with van der Waals surface area (Å²) in [4.78, 5) is 11.5. The molecule has 74 valence electrons. The van der Waals surface area contributed by atoms with Crippen molar-refractivity contribution in [1.82, 2.24) is 0 Å². The average molecular weight is 192 g/mol. The molecule has 0 bridgehead atoms. The van der Waals surface area contributed by atoms with Crippen LogP contribution in [0.15, 0.2) is 18.2 Å². The molecule has 3 heteroatoms. The summed E-state index contributed by atoms with van der Waals surface area (Å²) in [5.74, 6) is 0.242. The Hall–Kier alpha value is -1.35. The van der Waals surface area contributed by atoms with Gasteiger partial charge in [-0.15, -0.1) is 0 Å². The van der Waals surface area contributed by atoms with Crippen LogP contribution in [0.3, 0.4) is 0 Å². The molecule has 0 heterocycles. The second-order valence-electron chi connectivity index (χ2n) is 3.42. The number of carbonyl (C=O) groups is 1. The van der Waals surface area contributed by atoms with Crippen LogP contribution in [0, 0.1) is 0 Å². The molecule has 1 aliphatic carbocycles. The molecule has 0 spiro atoms. The van der Waals surface area contributed by atoms with Crippen molar-refractivity contribution in [1.29, 1.82) is 0 Å². The summed E-state index contributed by atoms with van der Waals surface area (Å²) in [6.07, 6.45) is 0.999. The number of phenols is 1. The van der Waals surface area contributed by atoms with Gasteiger partial charge < -0.3 is 9.84 Å². The molecule has 1 aromatic carbocycles. The van der Waals surface area contributed by atoms with Crippen LogP contribution in [0.1, 0.15) is 34.9 Å². The van der Waals surface area contributed by atoms with Gasteiger partial charge in [-0.1, -0.05) is 12.1 Å². The number of benzene rings is 1. The highest BCUT2D eigenvalue weighted by Crippen LogP contribution is 2.37. The molecular weight excluding hydrogens is 180 g/mol. The van der Waals surface area contributed by atoms with Crippen LogP contribution in [0.25, 0.3) is 0 Å². The number of Topliss-reactive ketones (excluding diaryl/α,β-unsaturated/α-hetero) is 1. The SMILES string of the molecule is COC1CCC(=O)c2cccc(O)c21. The van der Waals surface area contributed by atoms with Gasteiger partial charge in [-0.2, -0.15) is 0 Å². The molecule has 1 unspecified atom stereocenters. The average Bonchev–Trinajstić information content (AvgIpc) is 2.20. The van der Waals surface area contributed by atoms with Gasteiger partial charge in [-0.25, -0.2) is 0 Å². The number of hydrogen-bond donors (Lipinski definition) is 1. The van der Waals surface area contributed by atoms with Crippen molar-refractivity contribution in [2.75, 3.05) is 7.11 Å². The fourth-order valence-electron chi connectivity index (χ4n) is 1.91. The van der Waals surface area contributed by atoms with Crippen molar-refractivity contribution in [2.45, 2.75) is 18.9 Å². The van der Waals surface area contributed by atoms with E-state index in [2.05, 4.69) is 0 Å². The molecule has 1 atom stereocenters. The van der Waals surface area contributed by atoms with Crippen LogP contribution in [0.4, 0.5) is 0 Å². The summed E-state index contributed by atoms with van der Waals surface area (Å²) < 4.78 is 5.23. The number of hydrogen-bond acceptors (Lipinski definition) is 3.